The number of hydrogen-bond donors (Lipinski definition) is 0. The van der Waals surface area contributed by atoms with Gasteiger partial charge < -0.3 is 9.26 Å². The predicted molar refractivity (Wildman–Crippen MR) is 102 cm³/mol. The molecule has 0 amide bonds. The van der Waals surface area contributed by atoms with E-state index in [0.29, 0.717) is 23.0 Å². The Morgan fingerprint density at radius 2 is 1.71 bits per heavy atom. The van der Waals surface area contributed by atoms with Crippen LogP contribution in [0.1, 0.15) is 33.5 Å². The third-order valence-electron chi connectivity index (χ3n) is 4.18. The molecule has 2 aromatic heterocycles. The second-order valence-electron chi connectivity index (χ2n) is 6.17. The monoisotopic (exact) mass is 371 g/mol. The standard InChI is InChI=1S/C22H17N3O3/c1-15-24-21(28-25-15)17-10-12-18(13-11-17)22(26)27-20(16-7-3-2-4-8-16)19-9-5-6-14-23-19/h2-14,20H,1H3/t20-/m1/s1. The molecule has 0 fully saturated rings. The molecule has 0 aliphatic heterocycles. The molecule has 0 aliphatic rings. The van der Waals surface area contributed by atoms with E-state index in [2.05, 4.69) is 15.1 Å². The summed E-state index contributed by atoms with van der Waals surface area (Å²) in [7, 11) is 0. The van der Waals surface area contributed by atoms with E-state index in [9.17, 15) is 4.79 Å². The lowest BCUT2D eigenvalue weighted by molar-refractivity contribution is 0.0370. The zero-order chi connectivity index (χ0) is 19.3. The van der Waals surface area contributed by atoms with Crippen molar-refractivity contribution < 1.29 is 14.1 Å². The SMILES string of the molecule is Cc1noc(-c2ccc(C(=O)O[C@H](c3ccccc3)c3ccccn3)cc2)n1. The molecule has 0 radical (unpaired) electrons. The summed E-state index contributed by atoms with van der Waals surface area (Å²) in [5.74, 6) is 0.528. The summed E-state index contributed by atoms with van der Waals surface area (Å²) in [4.78, 5) is 21.3. The van der Waals surface area contributed by atoms with Crippen molar-refractivity contribution in [2.24, 2.45) is 0 Å². The van der Waals surface area contributed by atoms with Crippen molar-refractivity contribution >= 4 is 5.97 Å². The van der Waals surface area contributed by atoms with Gasteiger partial charge in [0.1, 0.15) is 0 Å². The average molecular weight is 371 g/mol. The van der Waals surface area contributed by atoms with Crippen LogP contribution in [-0.4, -0.2) is 21.1 Å². The number of carbonyl (C=O) groups is 1. The van der Waals surface area contributed by atoms with Crippen molar-refractivity contribution in [2.75, 3.05) is 0 Å². The Hall–Kier alpha value is -3.80. The van der Waals surface area contributed by atoms with Gasteiger partial charge in [0.25, 0.3) is 5.89 Å². The van der Waals surface area contributed by atoms with Crippen LogP contribution in [0.3, 0.4) is 0 Å². The Bertz CT molecular complexity index is 1020. The maximum atomic E-state index is 12.8. The summed E-state index contributed by atoms with van der Waals surface area (Å²) in [6, 6.07) is 21.9. The van der Waals surface area contributed by atoms with Gasteiger partial charge in [0.2, 0.25) is 0 Å². The van der Waals surface area contributed by atoms with E-state index in [0.717, 1.165) is 11.1 Å². The van der Waals surface area contributed by atoms with Gasteiger partial charge in [0, 0.05) is 11.8 Å². The van der Waals surface area contributed by atoms with Crippen molar-refractivity contribution in [3.8, 4) is 11.5 Å². The van der Waals surface area contributed by atoms with Crippen molar-refractivity contribution in [1.82, 2.24) is 15.1 Å². The summed E-state index contributed by atoms with van der Waals surface area (Å²) in [5, 5.41) is 3.77. The number of aryl methyl sites for hydroxylation is 1. The maximum absolute atomic E-state index is 12.8. The quantitative estimate of drug-likeness (QED) is 0.484. The summed E-state index contributed by atoms with van der Waals surface area (Å²) in [6.45, 7) is 1.75. The van der Waals surface area contributed by atoms with Crippen molar-refractivity contribution in [3.05, 3.63) is 102 Å². The lowest BCUT2D eigenvalue weighted by atomic mass is 10.1. The first-order chi connectivity index (χ1) is 13.7. The Balaban J connectivity index is 1.58. The molecule has 2 heterocycles. The molecule has 0 unspecified atom stereocenters. The highest BCUT2D eigenvalue weighted by Gasteiger charge is 2.21. The molecule has 0 saturated heterocycles. The van der Waals surface area contributed by atoms with Gasteiger partial charge in [-0.1, -0.05) is 41.6 Å². The van der Waals surface area contributed by atoms with Gasteiger partial charge in [0.05, 0.1) is 11.3 Å². The zero-order valence-corrected chi connectivity index (χ0v) is 15.1. The number of ether oxygens (including phenoxy) is 1. The molecule has 6 nitrogen and oxygen atoms in total. The van der Waals surface area contributed by atoms with Gasteiger partial charge in [-0.2, -0.15) is 4.98 Å². The third kappa shape index (κ3) is 3.81. The molecule has 0 saturated carbocycles. The average Bonchev–Trinajstić information content (AvgIpc) is 3.19. The number of hydrogen-bond acceptors (Lipinski definition) is 6. The van der Waals surface area contributed by atoms with Crippen LogP contribution in [0.2, 0.25) is 0 Å². The van der Waals surface area contributed by atoms with Crippen LogP contribution in [0.4, 0.5) is 0 Å². The highest BCUT2D eigenvalue weighted by Crippen LogP contribution is 2.26. The first-order valence-electron chi connectivity index (χ1n) is 8.78. The molecular formula is C22H17N3O3. The van der Waals surface area contributed by atoms with Crippen LogP contribution in [0.15, 0.2) is 83.5 Å². The molecule has 0 aliphatic carbocycles. The van der Waals surface area contributed by atoms with E-state index < -0.39 is 12.1 Å². The van der Waals surface area contributed by atoms with Gasteiger partial charge in [0.15, 0.2) is 11.9 Å². The fourth-order valence-corrected chi connectivity index (χ4v) is 2.80. The summed E-state index contributed by atoms with van der Waals surface area (Å²) < 4.78 is 11.0. The highest BCUT2D eigenvalue weighted by atomic mass is 16.5. The maximum Gasteiger partial charge on any atom is 0.339 e. The number of aromatic nitrogens is 3. The highest BCUT2D eigenvalue weighted by molar-refractivity contribution is 5.90. The van der Waals surface area contributed by atoms with Gasteiger partial charge in [-0.15, -0.1) is 0 Å². The fourth-order valence-electron chi connectivity index (χ4n) is 2.80. The van der Waals surface area contributed by atoms with Crippen LogP contribution in [-0.2, 0) is 4.74 Å². The Morgan fingerprint density at radius 1 is 0.964 bits per heavy atom. The number of pyridine rings is 1. The van der Waals surface area contributed by atoms with Gasteiger partial charge >= 0.3 is 5.97 Å². The van der Waals surface area contributed by atoms with E-state index in [1.165, 1.54) is 0 Å². The molecule has 0 N–H and O–H groups in total. The van der Waals surface area contributed by atoms with E-state index in [-0.39, 0.29) is 0 Å². The van der Waals surface area contributed by atoms with Crippen molar-refractivity contribution in [1.29, 1.82) is 0 Å². The van der Waals surface area contributed by atoms with Crippen molar-refractivity contribution in [3.63, 3.8) is 0 Å². The topological polar surface area (TPSA) is 78.1 Å². The molecule has 4 rings (SSSR count). The minimum absolute atomic E-state index is 0.410. The Kier molecular flexibility index (Phi) is 4.93. The van der Waals surface area contributed by atoms with Crippen molar-refractivity contribution in [2.45, 2.75) is 13.0 Å². The second-order valence-corrected chi connectivity index (χ2v) is 6.17. The third-order valence-corrected chi connectivity index (χ3v) is 4.18. The molecular weight excluding hydrogens is 354 g/mol. The zero-order valence-electron chi connectivity index (χ0n) is 15.1. The van der Waals surface area contributed by atoms with Crippen LogP contribution >= 0.6 is 0 Å². The molecule has 0 spiro atoms. The minimum atomic E-state index is -0.590. The lowest BCUT2D eigenvalue weighted by Gasteiger charge is -2.18. The molecule has 28 heavy (non-hydrogen) atoms. The first kappa shape index (κ1) is 17.6. The smallest absolute Gasteiger partial charge is 0.339 e. The largest absolute Gasteiger partial charge is 0.447 e. The van der Waals surface area contributed by atoms with E-state index >= 15 is 0 Å². The molecule has 1 atom stereocenters. The van der Waals surface area contributed by atoms with Gasteiger partial charge in [-0.25, -0.2) is 4.79 Å². The van der Waals surface area contributed by atoms with Crippen LogP contribution in [0.5, 0.6) is 0 Å². The minimum Gasteiger partial charge on any atom is -0.447 e. The fraction of sp³-hybridized carbons (Fsp3) is 0.0909. The Morgan fingerprint density at radius 3 is 2.36 bits per heavy atom. The normalized spacial score (nSPS) is 11.8. The van der Waals surface area contributed by atoms with E-state index in [1.54, 1.807) is 37.4 Å². The van der Waals surface area contributed by atoms with E-state index in [1.807, 2.05) is 48.5 Å². The van der Waals surface area contributed by atoms with Gasteiger partial charge in [-0.05, 0) is 48.9 Å². The number of carbonyl (C=O) groups excluding carboxylic acids is 1. The molecule has 138 valence electrons. The number of benzene rings is 2. The number of rotatable bonds is 5. The van der Waals surface area contributed by atoms with Gasteiger partial charge in [-0.3, -0.25) is 4.98 Å². The second kappa shape index (κ2) is 7.84. The van der Waals surface area contributed by atoms with E-state index in [4.69, 9.17) is 9.26 Å². The molecule has 2 aromatic carbocycles. The predicted octanol–water partition coefficient (Wildman–Crippen LogP) is 4.39. The van der Waals surface area contributed by atoms with Crippen LogP contribution in [0, 0.1) is 6.92 Å². The van der Waals surface area contributed by atoms with Crippen LogP contribution < -0.4 is 0 Å². The molecule has 6 heteroatoms. The summed E-state index contributed by atoms with van der Waals surface area (Å²) in [6.07, 6.45) is 1.09. The molecule has 0 bridgehead atoms. The molecule has 4 aromatic rings. The number of nitrogens with zero attached hydrogens (tertiary/aromatic N) is 3. The Labute approximate surface area is 161 Å². The summed E-state index contributed by atoms with van der Waals surface area (Å²) >= 11 is 0. The first-order valence-corrected chi connectivity index (χ1v) is 8.78. The lowest BCUT2D eigenvalue weighted by Crippen LogP contribution is -2.14. The summed E-state index contributed by atoms with van der Waals surface area (Å²) in [5.41, 5.74) is 2.69. The van der Waals surface area contributed by atoms with Crippen LogP contribution in [0.25, 0.3) is 11.5 Å². The number of esters is 1.